The van der Waals surface area contributed by atoms with Crippen LogP contribution in [0.2, 0.25) is 0 Å². The van der Waals surface area contributed by atoms with E-state index in [1.807, 2.05) is 20.8 Å². The molecule has 0 saturated carbocycles. The number of oxazole rings is 1. The zero-order valence-electron chi connectivity index (χ0n) is 14.5. The van der Waals surface area contributed by atoms with Crippen molar-refractivity contribution >= 4 is 16.9 Å². The van der Waals surface area contributed by atoms with Gasteiger partial charge in [0.1, 0.15) is 5.82 Å². The van der Waals surface area contributed by atoms with Crippen molar-refractivity contribution in [2.24, 2.45) is 11.1 Å². The highest BCUT2D eigenvalue weighted by atomic mass is 19.1. The number of hydrogen-bond donors (Lipinski definition) is 2. The standard InChI is InChI=1S/C18H20FN3O3/c1-18(2,3)15(20)16-22-13(17(23)24-4)14(25-16)11-8-21-12-6-5-9(19)7-10(11)12/h5-8,15,21H,20H2,1-4H3. The molecule has 0 aliphatic rings. The number of aromatic nitrogens is 2. The second-order valence-corrected chi connectivity index (χ2v) is 6.96. The Morgan fingerprint density at radius 3 is 2.76 bits per heavy atom. The van der Waals surface area contributed by atoms with Gasteiger partial charge >= 0.3 is 5.97 Å². The first-order valence-corrected chi connectivity index (χ1v) is 7.84. The summed E-state index contributed by atoms with van der Waals surface area (Å²) in [5, 5.41) is 0.581. The SMILES string of the molecule is COC(=O)c1nc(C(N)C(C)(C)C)oc1-c1c[nH]c2ccc(F)cc12. The number of rotatable bonds is 3. The lowest BCUT2D eigenvalue weighted by atomic mass is 9.87. The Balaban J connectivity index is 2.21. The molecule has 3 rings (SSSR count). The van der Waals surface area contributed by atoms with Crippen molar-refractivity contribution in [3.05, 3.63) is 41.8 Å². The van der Waals surface area contributed by atoms with E-state index in [0.717, 1.165) is 0 Å². The van der Waals surface area contributed by atoms with Crippen LogP contribution < -0.4 is 5.73 Å². The van der Waals surface area contributed by atoms with Gasteiger partial charge in [-0.15, -0.1) is 0 Å². The lowest BCUT2D eigenvalue weighted by Crippen LogP contribution is -2.26. The summed E-state index contributed by atoms with van der Waals surface area (Å²) in [6.07, 6.45) is 1.64. The van der Waals surface area contributed by atoms with Gasteiger partial charge < -0.3 is 19.9 Å². The molecule has 132 valence electrons. The number of carbonyl (C=O) groups is 1. The predicted molar refractivity (Wildman–Crippen MR) is 91.5 cm³/mol. The third-order valence-electron chi connectivity index (χ3n) is 4.11. The Labute approximate surface area is 144 Å². The Bertz CT molecular complexity index is 937. The summed E-state index contributed by atoms with van der Waals surface area (Å²) in [5.74, 6) is -0.594. The number of ether oxygens (including phenoxy) is 1. The molecule has 7 heteroatoms. The molecule has 6 nitrogen and oxygen atoms in total. The van der Waals surface area contributed by atoms with E-state index in [0.29, 0.717) is 16.5 Å². The van der Waals surface area contributed by atoms with Gasteiger partial charge in [0, 0.05) is 22.7 Å². The van der Waals surface area contributed by atoms with E-state index in [4.69, 9.17) is 14.9 Å². The second kappa shape index (κ2) is 6.00. The molecule has 0 radical (unpaired) electrons. The molecular weight excluding hydrogens is 325 g/mol. The third kappa shape index (κ3) is 3.02. The summed E-state index contributed by atoms with van der Waals surface area (Å²) >= 11 is 0. The van der Waals surface area contributed by atoms with Crippen LogP contribution in [-0.4, -0.2) is 23.0 Å². The molecule has 25 heavy (non-hydrogen) atoms. The van der Waals surface area contributed by atoms with Crippen LogP contribution in [0.3, 0.4) is 0 Å². The number of aromatic amines is 1. The van der Waals surface area contributed by atoms with Gasteiger partial charge in [-0.3, -0.25) is 0 Å². The van der Waals surface area contributed by atoms with Crippen molar-refractivity contribution in [2.75, 3.05) is 7.11 Å². The predicted octanol–water partition coefficient (Wildman–Crippen LogP) is 3.79. The number of halogens is 1. The van der Waals surface area contributed by atoms with Crippen LogP contribution in [0.5, 0.6) is 0 Å². The summed E-state index contributed by atoms with van der Waals surface area (Å²) in [6.45, 7) is 5.83. The number of carbonyl (C=O) groups excluding carboxylic acids is 1. The van der Waals surface area contributed by atoms with Gasteiger partial charge in [0.05, 0.1) is 13.2 Å². The van der Waals surface area contributed by atoms with Crippen LogP contribution in [0.25, 0.3) is 22.2 Å². The van der Waals surface area contributed by atoms with Crippen molar-refractivity contribution in [1.29, 1.82) is 0 Å². The van der Waals surface area contributed by atoms with Crippen LogP contribution >= 0.6 is 0 Å². The molecular formula is C18H20FN3O3. The highest BCUT2D eigenvalue weighted by Crippen LogP contribution is 2.37. The number of methoxy groups -OCH3 is 1. The second-order valence-electron chi connectivity index (χ2n) is 6.96. The molecule has 0 spiro atoms. The van der Waals surface area contributed by atoms with Crippen LogP contribution in [0.4, 0.5) is 4.39 Å². The van der Waals surface area contributed by atoms with E-state index in [-0.39, 0.29) is 28.6 Å². The summed E-state index contributed by atoms with van der Waals surface area (Å²) in [5.41, 5.74) is 7.14. The number of nitrogens with zero attached hydrogens (tertiary/aromatic N) is 1. The fraction of sp³-hybridized carbons (Fsp3) is 0.333. The van der Waals surface area contributed by atoms with Crippen LogP contribution in [0.15, 0.2) is 28.8 Å². The molecule has 3 N–H and O–H groups in total. The number of benzene rings is 1. The fourth-order valence-corrected chi connectivity index (χ4v) is 2.54. The Kier molecular flexibility index (Phi) is 4.12. The zero-order chi connectivity index (χ0) is 18.4. The first-order valence-electron chi connectivity index (χ1n) is 7.84. The molecule has 0 aliphatic carbocycles. The molecule has 1 atom stereocenters. The summed E-state index contributed by atoms with van der Waals surface area (Å²) < 4.78 is 24.3. The molecule has 2 aromatic heterocycles. The number of nitrogens with one attached hydrogen (secondary N) is 1. The molecule has 1 aromatic carbocycles. The summed E-state index contributed by atoms with van der Waals surface area (Å²) in [7, 11) is 1.26. The minimum Gasteiger partial charge on any atom is -0.464 e. The molecule has 2 heterocycles. The van der Waals surface area contributed by atoms with Gasteiger partial charge in [0.15, 0.2) is 11.5 Å². The molecule has 0 amide bonds. The van der Waals surface area contributed by atoms with Gasteiger partial charge in [-0.2, -0.15) is 0 Å². The maximum Gasteiger partial charge on any atom is 0.360 e. The summed E-state index contributed by atoms with van der Waals surface area (Å²) in [4.78, 5) is 19.4. The Morgan fingerprint density at radius 2 is 2.12 bits per heavy atom. The van der Waals surface area contributed by atoms with Crippen molar-refractivity contribution in [3.8, 4) is 11.3 Å². The number of hydrogen-bond acceptors (Lipinski definition) is 5. The van der Waals surface area contributed by atoms with Crippen molar-refractivity contribution in [3.63, 3.8) is 0 Å². The smallest absolute Gasteiger partial charge is 0.360 e. The molecule has 0 saturated heterocycles. The molecule has 0 fully saturated rings. The number of H-pyrrole nitrogens is 1. The number of esters is 1. The quantitative estimate of drug-likeness (QED) is 0.704. The van der Waals surface area contributed by atoms with Gasteiger partial charge in [-0.05, 0) is 23.6 Å². The highest BCUT2D eigenvalue weighted by molar-refractivity contribution is 6.01. The average molecular weight is 345 g/mol. The largest absolute Gasteiger partial charge is 0.464 e. The number of nitrogens with two attached hydrogens (primary N) is 1. The molecule has 0 aliphatic heterocycles. The molecule has 1 unspecified atom stereocenters. The van der Waals surface area contributed by atoms with E-state index in [9.17, 15) is 9.18 Å². The molecule has 0 bridgehead atoms. The first kappa shape index (κ1) is 17.2. The van der Waals surface area contributed by atoms with Crippen molar-refractivity contribution in [2.45, 2.75) is 26.8 Å². The van der Waals surface area contributed by atoms with E-state index < -0.39 is 12.0 Å². The monoisotopic (exact) mass is 345 g/mol. The van der Waals surface area contributed by atoms with Crippen LogP contribution in [0, 0.1) is 11.2 Å². The van der Waals surface area contributed by atoms with E-state index >= 15 is 0 Å². The summed E-state index contributed by atoms with van der Waals surface area (Å²) in [6, 6.07) is 3.82. The van der Waals surface area contributed by atoms with E-state index in [2.05, 4.69) is 9.97 Å². The van der Waals surface area contributed by atoms with Crippen molar-refractivity contribution < 1.29 is 18.3 Å². The van der Waals surface area contributed by atoms with E-state index in [1.54, 1.807) is 12.3 Å². The lowest BCUT2D eigenvalue weighted by molar-refractivity contribution is 0.0595. The van der Waals surface area contributed by atoms with Gasteiger partial charge in [0.25, 0.3) is 0 Å². The van der Waals surface area contributed by atoms with Gasteiger partial charge in [-0.1, -0.05) is 20.8 Å². The average Bonchev–Trinajstić information content (AvgIpc) is 3.15. The topological polar surface area (TPSA) is 94.1 Å². The first-order chi connectivity index (χ1) is 11.7. The zero-order valence-corrected chi connectivity index (χ0v) is 14.5. The highest BCUT2D eigenvalue weighted by Gasteiger charge is 2.31. The maximum absolute atomic E-state index is 13.7. The fourth-order valence-electron chi connectivity index (χ4n) is 2.54. The Hall–Kier alpha value is -2.67. The van der Waals surface area contributed by atoms with Gasteiger partial charge in [-0.25, -0.2) is 14.2 Å². The molecule has 3 aromatic rings. The maximum atomic E-state index is 13.7. The van der Waals surface area contributed by atoms with Crippen LogP contribution in [-0.2, 0) is 4.74 Å². The van der Waals surface area contributed by atoms with Gasteiger partial charge in [0.2, 0.25) is 5.89 Å². The van der Waals surface area contributed by atoms with Crippen molar-refractivity contribution in [1.82, 2.24) is 9.97 Å². The number of fused-ring (bicyclic) bond motifs is 1. The third-order valence-corrected chi connectivity index (χ3v) is 4.11. The normalized spacial score (nSPS) is 13.2. The van der Waals surface area contributed by atoms with Crippen LogP contribution in [0.1, 0.15) is 43.2 Å². The minimum atomic E-state index is -0.642. The minimum absolute atomic E-state index is 0.0161. The Morgan fingerprint density at radius 1 is 1.40 bits per heavy atom. The van der Waals surface area contributed by atoms with E-state index in [1.165, 1.54) is 19.2 Å². The lowest BCUT2D eigenvalue weighted by Gasteiger charge is -2.23.